The molecule has 118 valence electrons. The van der Waals surface area contributed by atoms with Crippen LogP contribution in [0.25, 0.3) is 0 Å². The van der Waals surface area contributed by atoms with Crippen molar-refractivity contribution in [1.82, 2.24) is 10.2 Å². The summed E-state index contributed by atoms with van der Waals surface area (Å²) in [6.45, 7) is 12.2. The van der Waals surface area contributed by atoms with Crippen LogP contribution in [0.15, 0.2) is 24.3 Å². The molecule has 1 aromatic carbocycles. The van der Waals surface area contributed by atoms with Gasteiger partial charge in [-0.3, -0.25) is 0 Å². The van der Waals surface area contributed by atoms with Gasteiger partial charge in [-0.05, 0) is 76.5 Å². The van der Waals surface area contributed by atoms with Gasteiger partial charge in [0.1, 0.15) is 5.75 Å². The first kappa shape index (κ1) is 16.3. The number of hydrogen-bond donors (Lipinski definition) is 1. The minimum atomic E-state index is 0.239. The van der Waals surface area contributed by atoms with E-state index in [9.17, 15) is 0 Å². The van der Waals surface area contributed by atoms with Gasteiger partial charge < -0.3 is 15.0 Å². The van der Waals surface area contributed by atoms with Gasteiger partial charge >= 0.3 is 0 Å². The first-order chi connectivity index (χ1) is 10.2. The molecule has 0 amide bonds. The highest BCUT2D eigenvalue weighted by Crippen LogP contribution is 2.17. The number of rotatable bonds is 7. The predicted octanol–water partition coefficient (Wildman–Crippen LogP) is 3.30. The lowest BCUT2D eigenvalue weighted by atomic mass is 9.97. The molecular weight excluding hydrogens is 260 g/mol. The van der Waals surface area contributed by atoms with E-state index in [4.69, 9.17) is 4.74 Å². The molecule has 1 heterocycles. The Morgan fingerprint density at radius 1 is 1.19 bits per heavy atom. The standard InChI is InChI=1S/C18H30N2O/c1-4-20-11-9-17(10-12-20)14-19-13-16-5-7-18(8-6-16)21-15(2)3/h5-8,15,17,19H,4,9-14H2,1-3H3. The van der Waals surface area contributed by atoms with E-state index in [1.165, 1.54) is 38.0 Å². The largest absolute Gasteiger partial charge is 0.491 e. The third-order valence-corrected chi connectivity index (χ3v) is 4.21. The second-order valence-electron chi connectivity index (χ2n) is 6.32. The van der Waals surface area contributed by atoms with Crippen LogP contribution in [0.4, 0.5) is 0 Å². The van der Waals surface area contributed by atoms with Gasteiger partial charge in [0.05, 0.1) is 6.10 Å². The van der Waals surface area contributed by atoms with Crippen molar-refractivity contribution in [1.29, 1.82) is 0 Å². The summed E-state index contributed by atoms with van der Waals surface area (Å²) in [7, 11) is 0. The van der Waals surface area contributed by atoms with Crippen LogP contribution in [0.1, 0.15) is 39.2 Å². The average molecular weight is 290 g/mol. The summed E-state index contributed by atoms with van der Waals surface area (Å²) >= 11 is 0. The molecule has 3 nitrogen and oxygen atoms in total. The minimum absolute atomic E-state index is 0.239. The van der Waals surface area contributed by atoms with Crippen LogP contribution in [0.5, 0.6) is 5.75 Å². The molecule has 0 aromatic heterocycles. The smallest absolute Gasteiger partial charge is 0.119 e. The lowest BCUT2D eigenvalue weighted by molar-refractivity contribution is 0.190. The Hall–Kier alpha value is -1.06. The summed E-state index contributed by atoms with van der Waals surface area (Å²) in [6.07, 6.45) is 2.91. The van der Waals surface area contributed by atoms with Crippen LogP contribution >= 0.6 is 0 Å². The van der Waals surface area contributed by atoms with Gasteiger partial charge in [0.25, 0.3) is 0 Å². The number of hydrogen-bond acceptors (Lipinski definition) is 3. The maximum atomic E-state index is 5.66. The molecule has 0 atom stereocenters. The topological polar surface area (TPSA) is 24.5 Å². The average Bonchev–Trinajstić information content (AvgIpc) is 2.49. The van der Waals surface area contributed by atoms with Crippen molar-refractivity contribution in [2.45, 2.75) is 46.3 Å². The molecule has 1 fully saturated rings. The SMILES string of the molecule is CCN1CCC(CNCc2ccc(OC(C)C)cc2)CC1. The monoisotopic (exact) mass is 290 g/mol. The maximum Gasteiger partial charge on any atom is 0.119 e. The van der Waals surface area contributed by atoms with Gasteiger partial charge in [-0.1, -0.05) is 19.1 Å². The minimum Gasteiger partial charge on any atom is -0.491 e. The van der Waals surface area contributed by atoms with Crippen LogP contribution in [-0.2, 0) is 6.54 Å². The van der Waals surface area contributed by atoms with Crippen LogP contribution in [0.2, 0.25) is 0 Å². The molecule has 1 saturated heterocycles. The zero-order chi connectivity index (χ0) is 15.1. The molecule has 1 aromatic rings. The first-order valence-electron chi connectivity index (χ1n) is 8.36. The summed E-state index contributed by atoms with van der Waals surface area (Å²) in [4.78, 5) is 2.55. The van der Waals surface area contributed by atoms with Gasteiger partial charge in [0.15, 0.2) is 0 Å². The molecule has 0 spiro atoms. The second kappa shape index (κ2) is 8.40. The quantitative estimate of drug-likeness (QED) is 0.834. The summed E-state index contributed by atoms with van der Waals surface area (Å²) in [5.74, 6) is 1.80. The van der Waals surface area contributed by atoms with Crippen molar-refractivity contribution in [3.05, 3.63) is 29.8 Å². The van der Waals surface area contributed by atoms with Gasteiger partial charge in [0, 0.05) is 6.54 Å². The molecule has 0 radical (unpaired) electrons. The number of nitrogens with zero attached hydrogens (tertiary/aromatic N) is 1. The summed E-state index contributed by atoms with van der Waals surface area (Å²) in [5.41, 5.74) is 1.33. The van der Waals surface area contributed by atoms with Crippen LogP contribution in [-0.4, -0.2) is 37.2 Å². The van der Waals surface area contributed by atoms with E-state index in [1.807, 2.05) is 0 Å². The Morgan fingerprint density at radius 3 is 2.43 bits per heavy atom. The zero-order valence-corrected chi connectivity index (χ0v) is 13.8. The predicted molar refractivity (Wildman–Crippen MR) is 88.8 cm³/mol. The zero-order valence-electron chi connectivity index (χ0n) is 13.8. The van der Waals surface area contributed by atoms with Crippen molar-refractivity contribution >= 4 is 0 Å². The van der Waals surface area contributed by atoms with E-state index in [-0.39, 0.29) is 6.10 Å². The molecule has 0 bridgehead atoms. The number of nitrogens with one attached hydrogen (secondary N) is 1. The highest BCUT2D eigenvalue weighted by atomic mass is 16.5. The molecule has 0 aliphatic carbocycles. The second-order valence-corrected chi connectivity index (χ2v) is 6.32. The van der Waals surface area contributed by atoms with Crippen molar-refractivity contribution in [2.24, 2.45) is 5.92 Å². The van der Waals surface area contributed by atoms with E-state index in [2.05, 4.69) is 55.3 Å². The van der Waals surface area contributed by atoms with E-state index in [1.54, 1.807) is 0 Å². The third kappa shape index (κ3) is 5.68. The molecular formula is C18H30N2O. The Labute approximate surface area is 129 Å². The number of benzene rings is 1. The highest BCUT2D eigenvalue weighted by molar-refractivity contribution is 5.27. The van der Waals surface area contributed by atoms with E-state index in [0.717, 1.165) is 24.8 Å². The number of ether oxygens (including phenoxy) is 1. The van der Waals surface area contributed by atoms with Gasteiger partial charge in [0.2, 0.25) is 0 Å². The van der Waals surface area contributed by atoms with Gasteiger partial charge in [-0.25, -0.2) is 0 Å². The Morgan fingerprint density at radius 2 is 1.86 bits per heavy atom. The number of likely N-dealkylation sites (tertiary alicyclic amines) is 1. The maximum absolute atomic E-state index is 5.66. The van der Waals surface area contributed by atoms with Crippen LogP contribution in [0.3, 0.4) is 0 Å². The molecule has 1 N–H and O–H groups in total. The van der Waals surface area contributed by atoms with Crippen molar-refractivity contribution in [2.75, 3.05) is 26.2 Å². The number of piperidine rings is 1. The van der Waals surface area contributed by atoms with Crippen LogP contribution < -0.4 is 10.1 Å². The Kier molecular flexibility index (Phi) is 6.52. The van der Waals surface area contributed by atoms with Gasteiger partial charge in [-0.15, -0.1) is 0 Å². The summed E-state index contributed by atoms with van der Waals surface area (Å²) in [5, 5.41) is 3.61. The fraction of sp³-hybridized carbons (Fsp3) is 0.667. The van der Waals surface area contributed by atoms with E-state index in [0.29, 0.717) is 0 Å². The summed E-state index contributed by atoms with van der Waals surface area (Å²) < 4.78 is 5.66. The normalized spacial score (nSPS) is 17.3. The van der Waals surface area contributed by atoms with Crippen molar-refractivity contribution in [3.8, 4) is 5.75 Å². The Bertz CT molecular complexity index is 394. The molecule has 1 aliphatic heterocycles. The third-order valence-electron chi connectivity index (χ3n) is 4.21. The lowest BCUT2D eigenvalue weighted by Crippen LogP contribution is -2.36. The van der Waals surface area contributed by atoms with E-state index < -0.39 is 0 Å². The van der Waals surface area contributed by atoms with Crippen molar-refractivity contribution in [3.63, 3.8) is 0 Å². The molecule has 0 unspecified atom stereocenters. The van der Waals surface area contributed by atoms with E-state index >= 15 is 0 Å². The van der Waals surface area contributed by atoms with Crippen molar-refractivity contribution < 1.29 is 4.74 Å². The fourth-order valence-corrected chi connectivity index (χ4v) is 2.89. The lowest BCUT2D eigenvalue weighted by Gasteiger charge is -2.31. The van der Waals surface area contributed by atoms with Gasteiger partial charge in [-0.2, -0.15) is 0 Å². The first-order valence-corrected chi connectivity index (χ1v) is 8.36. The summed E-state index contributed by atoms with van der Waals surface area (Å²) in [6, 6.07) is 8.45. The molecule has 1 aliphatic rings. The molecule has 21 heavy (non-hydrogen) atoms. The highest BCUT2D eigenvalue weighted by Gasteiger charge is 2.17. The Balaban J connectivity index is 1.67. The van der Waals surface area contributed by atoms with Crippen LogP contribution in [0, 0.1) is 5.92 Å². The molecule has 3 heteroatoms. The fourth-order valence-electron chi connectivity index (χ4n) is 2.89. The molecule has 2 rings (SSSR count). The molecule has 0 saturated carbocycles.